The van der Waals surface area contributed by atoms with E-state index in [1.54, 1.807) is 36.9 Å². The minimum absolute atomic E-state index is 0.448. The third kappa shape index (κ3) is 3.43. The summed E-state index contributed by atoms with van der Waals surface area (Å²) in [4.78, 5) is 15.0. The molecule has 0 amide bonds. The average Bonchev–Trinajstić information content (AvgIpc) is 2.75. The maximum absolute atomic E-state index is 9.57. The molecule has 28 heavy (non-hydrogen) atoms. The number of nitrogens with one attached hydrogen (secondary N) is 1. The molecule has 0 aliphatic carbocycles. The first-order valence-electron chi connectivity index (χ1n) is 8.51. The molecule has 1 N–H and O–H groups in total. The Balaban J connectivity index is 1.82. The number of nitriles is 1. The van der Waals surface area contributed by atoms with Crippen LogP contribution in [0.3, 0.4) is 0 Å². The van der Waals surface area contributed by atoms with Crippen LogP contribution in [-0.4, -0.2) is 22.0 Å². The van der Waals surface area contributed by atoms with Gasteiger partial charge in [0, 0.05) is 35.5 Å². The van der Waals surface area contributed by atoms with Crippen molar-refractivity contribution in [2.24, 2.45) is 0 Å². The van der Waals surface area contributed by atoms with Gasteiger partial charge in [-0.05, 0) is 42.5 Å². The number of fused-ring (bicyclic) bond motifs is 1. The lowest BCUT2D eigenvalue weighted by atomic mass is 10.1. The van der Waals surface area contributed by atoms with Gasteiger partial charge in [0.25, 0.3) is 0 Å². The molecule has 1 aromatic carbocycles. The Morgan fingerprint density at radius 1 is 1.07 bits per heavy atom. The average molecular weight is 387 g/mol. The molecule has 0 bridgehead atoms. The van der Waals surface area contributed by atoms with Crippen LogP contribution in [0.25, 0.3) is 10.9 Å². The lowest BCUT2D eigenvalue weighted by Gasteiger charge is -2.19. The van der Waals surface area contributed by atoms with Gasteiger partial charge in [0.05, 0.1) is 34.8 Å². The molecule has 0 unspecified atom stereocenters. The van der Waals surface area contributed by atoms with Crippen molar-refractivity contribution in [1.82, 2.24) is 15.0 Å². The van der Waals surface area contributed by atoms with E-state index in [9.17, 15) is 5.26 Å². The molecule has 0 radical (unpaired) electrons. The van der Waals surface area contributed by atoms with Gasteiger partial charge in [0.2, 0.25) is 0 Å². The van der Waals surface area contributed by atoms with Crippen LogP contribution < -0.4 is 10.2 Å². The first-order valence-corrected chi connectivity index (χ1v) is 8.89. The fourth-order valence-electron chi connectivity index (χ4n) is 2.85. The molecule has 0 saturated heterocycles. The molecule has 0 fully saturated rings. The molecule has 3 heterocycles. The quantitative estimate of drug-likeness (QED) is 0.528. The SMILES string of the molecule is CN(c1cccnc1)c1cc2c(Nc3ccc(Cl)cc3)c(C#N)cnc2cn1. The topological polar surface area (TPSA) is 77.7 Å². The molecule has 4 aromatic rings. The molecule has 0 aliphatic heterocycles. The maximum Gasteiger partial charge on any atom is 0.133 e. The zero-order chi connectivity index (χ0) is 19.5. The highest BCUT2D eigenvalue weighted by Crippen LogP contribution is 2.32. The van der Waals surface area contributed by atoms with Crippen molar-refractivity contribution >= 4 is 45.4 Å². The zero-order valence-electron chi connectivity index (χ0n) is 15.0. The molecule has 7 heteroatoms. The van der Waals surface area contributed by atoms with Crippen molar-refractivity contribution in [3.63, 3.8) is 0 Å². The lowest BCUT2D eigenvalue weighted by molar-refractivity contribution is 1.12. The van der Waals surface area contributed by atoms with Gasteiger partial charge in [-0.15, -0.1) is 0 Å². The summed E-state index contributed by atoms with van der Waals surface area (Å²) < 4.78 is 0. The van der Waals surface area contributed by atoms with Crippen molar-refractivity contribution < 1.29 is 0 Å². The molecule has 4 rings (SSSR count). The summed E-state index contributed by atoms with van der Waals surface area (Å²) in [5.41, 5.74) is 3.55. The predicted octanol–water partition coefficient (Wildman–Crippen LogP) is 5.06. The van der Waals surface area contributed by atoms with Crippen LogP contribution in [0.5, 0.6) is 0 Å². The Morgan fingerprint density at radius 2 is 1.89 bits per heavy atom. The van der Waals surface area contributed by atoms with E-state index >= 15 is 0 Å². The Morgan fingerprint density at radius 3 is 2.61 bits per heavy atom. The van der Waals surface area contributed by atoms with Crippen molar-refractivity contribution in [3.8, 4) is 6.07 Å². The second kappa shape index (κ2) is 7.51. The molecular formula is C21H15ClN6. The monoisotopic (exact) mass is 386 g/mol. The largest absolute Gasteiger partial charge is 0.354 e. The third-order valence-corrected chi connectivity index (χ3v) is 4.60. The van der Waals surface area contributed by atoms with E-state index < -0.39 is 0 Å². The van der Waals surface area contributed by atoms with Crippen molar-refractivity contribution in [2.75, 3.05) is 17.3 Å². The Kier molecular flexibility index (Phi) is 4.75. The number of hydrogen-bond donors (Lipinski definition) is 1. The highest BCUT2D eigenvalue weighted by Gasteiger charge is 2.13. The van der Waals surface area contributed by atoms with E-state index in [0.717, 1.165) is 22.6 Å². The summed E-state index contributed by atoms with van der Waals surface area (Å²) >= 11 is 5.97. The highest BCUT2D eigenvalue weighted by atomic mass is 35.5. The van der Waals surface area contributed by atoms with Crippen molar-refractivity contribution in [2.45, 2.75) is 0 Å². The normalized spacial score (nSPS) is 10.5. The van der Waals surface area contributed by atoms with Crippen LogP contribution >= 0.6 is 11.6 Å². The highest BCUT2D eigenvalue weighted by molar-refractivity contribution is 6.30. The first-order chi connectivity index (χ1) is 13.7. The van der Waals surface area contributed by atoms with Crippen LogP contribution in [0.15, 0.2) is 67.3 Å². The smallest absolute Gasteiger partial charge is 0.133 e. The van der Waals surface area contributed by atoms with E-state index in [-0.39, 0.29) is 0 Å². The first kappa shape index (κ1) is 17.7. The molecule has 136 valence electrons. The van der Waals surface area contributed by atoms with E-state index in [2.05, 4.69) is 26.3 Å². The fraction of sp³-hybridized carbons (Fsp3) is 0.0476. The van der Waals surface area contributed by atoms with E-state index in [4.69, 9.17) is 11.6 Å². The van der Waals surface area contributed by atoms with Crippen LogP contribution in [0, 0.1) is 11.3 Å². The summed E-state index contributed by atoms with van der Waals surface area (Å²) in [5, 5.41) is 14.3. The van der Waals surface area contributed by atoms with Gasteiger partial charge in [-0.1, -0.05) is 11.6 Å². The standard InChI is InChI=1S/C21H15ClN6/c1-28(17-3-2-8-24-12-17)20-9-18-19(13-26-20)25-11-14(10-23)21(18)27-16-6-4-15(22)5-7-16/h2-9,11-13H,1H3,(H,25,27). The number of halogens is 1. The number of hydrogen-bond acceptors (Lipinski definition) is 6. The zero-order valence-corrected chi connectivity index (χ0v) is 15.7. The second-order valence-electron chi connectivity index (χ2n) is 6.12. The van der Waals surface area contributed by atoms with Gasteiger partial charge in [-0.25, -0.2) is 4.98 Å². The summed E-state index contributed by atoms with van der Waals surface area (Å²) in [6.07, 6.45) is 6.74. The number of aromatic nitrogens is 3. The minimum atomic E-state index is 0.448. The molecule has 6 nitrogen and oxygen atoms in total. The van der Waals surface area contributed by atoms with Crippen LogP contribution in [0.4, 0.5) is 22.9 Å². The molecule has 0 atom stereocenters. The molecule has 0 saturated carbocycles. The predicted molar refractivity (Wildman–Crippen MR) is 111 cm³/mol. The van der Waals surface area contributed by atoms with E-state index in [1.807, 2.05) is 42.3 Å². The number of rotatable bonds is 4. The molecule has 3 aromatic heterocycles. The molecule has 0 aliphatic rings. The van der Waals surface area contributed by atoms with Gasteiger partial charge in [0.15, 0.2) is 0 Å². The number of nitrogens with zero attached hydrogens (tertiary/aromatic N) is 5. The van der Waals surface area contributed by atoms with Crippen LogP contribution in [-0.2, 0) is 0 Å². The summed E-state index contributed by atoms with van der Waals surface area (Å²) in [6, 6.07) is 15.3. The Bertz CT molecular complexity index is 1170. The maximum atomic E-state index is 9.57. The van der Waals surface area contributed by atoms with E-state index in [1.165, 1.54) is 0 Å². The van der Waals surface area contributed by atoms with Gasteiger partial charge >= 0.3 is 0 Å². The van der Waals surface area contributed by atoms with Gasteiger partial charge in [0.1, 0.15) is 11.9 Å². The van der Waals surface area contributed by atoms with Gasteiger partial charge in [-0.2, -0.15) is 5.26 Å². The number of pyridine rings is 3. The fourth-order valence-corrected chi connectivity index (χ4v) is 2.97. The summed E-state index contributed by atoms with van der Waals surface area (Å²) in [7, 11) is 1.92. The third-order valence-electron chi connectivity index (χ3n) is 4.35. The Hall–Kier alpha value is -3.69. The molecular weight excluding hydrogens is 372 g/mol. The van der Waals surface area contributed by atoms with Crippen molar-refractivity contribution in [1.29, 1.82) is 5.26 Å². The van der Waals surface area contributed by atoms with Crippen molar-refractivity contribution in [3.05, 3.63) is 77.8 Å². The van der Waals surface area contributed by atoms with E-state index in [0.29, 0.717) is 21.8 Å². The second-order valence-corrected chi connectivity index (χ2v) is 6.56. The van der Waals surface area contributed by atoms with Gasteiger partial charge in [-0.3, -0.25) is 9.97 Å². The molecule has 0 spiro atoms. The number of benzene rings is 1. The summed E-state index contributed by atoms with van der Waals surface area (Å²) in [5.74, 6) is 0.719. The van der Waals surface area contributed by atoms with Gasteiger partial charge < -0.3 is 10.2 Å². The summed E-state index contributed by atoms with van der Waals surface area (Å²) in [6.45, 7) is 0. The van der Waals surface area contributed by atoms with Crippen LogP contribution in [0.2, 0.25) is 5.02 Å². The minimum Gasteiger partial charge on any atom is -0.354 e. The number of anilines is 4. The lowest BCUT2D eigenvalue weighted by Crippen LogP contribution is -2.11. The Labute approximate surface area is 167 Å². The van der Waals surface area contributed by atoms with Crippen LogP contribution in [0.1, 0.15) is 5.56 Å².